The van der Waals surface area contributed by atoms with Crippen molar-refractivity contribution < 1.29 is 9.90 Å². The van der Waals surface area contributed by atoms with Gasteiger partial charge in [-0.2, -0.15) is 0 Å². The van der Waals surface area contributed by atoms with Crippen molar-refractivity contribution in [3.05, 3.63) is 29.8 Å². The second kappa shape index (κ2) is 7.35. The van der Waals surface area contributed by atoms with Crippen molar-refractivity contribution in [2.24, 2.45) is 0 Å². The SMILES string of the molecule is CCN(CCC(=O)O)Cc1ccc(SC)cc1. The Morgan fingerprint density at radius 1 is 1.35 bits per heavy atom. The lowest BCUT2D eigenvalue weighted by Crippen LogP contribution is -2.25. The monoisotopic (exact) mass is 253 g/mol. The van der Waals surface area contributed by atoms with Gasteiger partial charge in [0.2, 0.25) is 0 Å². The van der Waals surface area contributed by atoms with Gasteiger partial charge in [-0.05, 0) is 30.5 Å². The average molecular weight is 253 g/mol. The number of carboxylic acids is 1. The molecule has 0 heterocycles. The summed E-state index contributed by atoms with van der Waals surface area (Å²) in [5.41, 5.74) is 1.23. The molecular formula is C13H19NO2S. The van der Waals surface area contributed by atoms with E-state index in [-0.39, 0.29) is 6.42 Å². The molecule has 0 aromatic heterocycles. The highest BCUT2D eigenvalue weighted by Gasteiger charge is 2.06. The molecule has 0 unspecified atom stereocenters. The number of rotatable bonds is 7. The van der Waals surface area contributed by atoms with Crippen LogP contribution in [0.4, 0.5) is 0 Å². The van der Waals surface area contributed by atoms with E-state index >= 15 is 0 Å². The lowest BCUT2D eigenvalue weighted by molar-refractivity contribution is -0.137. The van der Waals surface area contributed by atoms with Gasteiger partial charge in [-0.3, -0.25) is 9.69 Å². The van der Waals surface area contributed by atoms with Crippen molar-refractivity contribution in [1.29, 1.82) is 0 Å². The second-order valence-electron chi connectivity index (χ2n) is 3.86. The lowest BCUT2D eigenvalue weighted by atomic mass is 10.2. The Bertz CT molecular complexity index is 351. The Morgan fingerprint density at radius 2 is 2.00 bits per heavy atom. The van der Waals surface area contributed by atoms with Gasteiger partial charge < -0.3 is 5.11 Å². The van der Waals surface area contributed by atoms with Crippen molar-refractivity contribution in [2.45, 2.75) is 24.8 Å². The van der Waals surface area contributed by atoms with Crippen LogP contribution in [-0.4, -0.2) is 35.3 Å². The van der Waals surface area contributed by atoms with Crippen LogP contribution in [0, 0.1) is 0 Å². The predicted octanol–water partition coefficient (Wildman–Crippen LogP) is 2.71. The van der Waals surface area contributed by atoms with Gasteiger partial charge in [-0.1, -0.05) is 19.1 Å². The zero-order valence-electron chi connectivity index (χ0n) is 10.3. The lowest BCUT2D eigenvalue weighted by Gasteiger charge is -2.19. The summed E-state index contributed by atoms with van der Waals surface area (Å²) in [6.45, 7) is 4.35. The largest absolute Gasteiger partial charge is 0.481 e. The maximum absolute atomic E-state index is 10.5. The number of benzene rings is 1. The summed E-state index contributed by atoms with van der Waals surface area (Å²) in [6, 6.07) is 8.42. The number of hydrogen-bond donors (Lipinski definition) is 1. The number of aliphatic carboxylic acids is 1. The molecular weight excluding hydrogens is 234 g/mol. The molecule has 0 amide bonds. The molecule has 0 saturated carbocycles. The molecule has 1 aromatic carbocycles. The number of hydrogen-bond acceptors (Lipinski definition) is 3. The van der Waals surface area contributed by atoms with E-state index < -0.39 is 5.97 Å². The van der Waals surface area contributed by atoms with Gasteiger partial charge in [0.1, 0.15) is 0 Å². The normalized spacial score (nSPS) is 10.8. The molecule has 0 bridgehead atoms. The first kappa shape index (κ1) is 14.1. The van der Waals surface area contributed by atoms with Crippen molar-refractivity contribution >= 4 is 17.7 Å². The third kappa shape index (κ3) is 5.24. The summed E-state index contributed by atoms with van der Waals surface area (Å²) < 4.78 is 0. The predicted molar refractivity (Wildman–Crippen MR) is 71.4 cm³/mol. The maximum Gasteiger partial charge on any atom is 0.304 e. The van der Waals surface area contributed by atoms with Gasteiger partial charge in [-0.15, -0.1) is 11.8 Å². The summed E-state index contributed by atoms with van der Waals surface area (Å²) in [7, 11) is 0. The molecule has 0 aliphatic heterocycles. The van der Waals surface area contributed by atoms with Crippen LogP contribution in [0.1, 0.15) is 18.9 Å². The molecule has 94 valence electrons. The average Bonchev–Trinajstić information content (AvgIpc) is 2.35. The Hall–Kier alpha value is -1.00. The van der Waals surface area contributed by atoms with E-state index in [1.807, 2.05) is 0 Å². The van der Waals surface area contributed by atoms with E-state index in [0.717, 1.165) is 13.1 Å². The van der Waals surface area contributed by atoms with Gasteiger partial charge >= 0.3 is 5.97 Å². The van der Waals surface area contributed by atoms with Crippen LogP contribution in [0.2, 0.25) is 0 Å². The highest BCUT2D eigenvalue weighted by atomic mass is 32.2. The highest BCUT2D eigenvalue weighted by molar-refractivity contribution is 7.98. The van der Waals surface area contributed by atoms with Crippen LogP contribution in [0.5, 0.6) is 0 Å². The fraction of sp³-hybridized carbons (Fsp3) is 0.462. The first-order valence-electron chi connectivity index (χ1n) is 5.72. The van der Waals surface area contributed by atoms with Crippen LogP contribution in [0.25, 0.3) is 0 Å². The Balaban J connectivity index is 2.51. The maximum atomic E-state index is 10.5. The second-order valence-corrected chi connectivity index (χ2v) is 4.74. The minimum absolute atomic E-state index is 0.205. The molecule has 0 atom stereocenters. The third-order valence-corrected chi connectivity index (χ3v) is 3.40. The highest BCUT2D eigenvalue weighted by Crippen LogP contribution is 2.15. The molecule has 4 heteroatoms. The number of thioether (sulfide) groups is 1. The van der Waals surface area contributed by atoms with E-state index in [2.05, 4.69) is 42.3 Å². The van der Waals surface area contributed by atoms with Crippen molar-refractivity contribution in [1.82, 2.24) is 4.90 Å². The van der Waals surface area contributed by atoms with Gasteiger partial charge in [0, 0.05) is 18.0 Å². The van der Waals surface area contributed by atoms with Gasteiger partial charge in [0.05, 0.1) is 6.42 Å². The summed E-state index contributed by atoms with van der Waals surface area (Å²) in [5.74, 6) is -0.735. The van der Waals surface area contributed by atoms with E-state index in [9.17, 15) is 4.79 Å². The van der Waals surface area contributed by atoms with Gasteiger partial charge in [-0.25, -0.2) is 0 Å². The van der Waals surface area contributed by atoms with Crippen LogP contribution in [-0.2, 0) is 11.3 Å². The summed E-state index contributed by atoms with van der Waals surface area (Å²) in [4.78, 5) is 13.9. The molecule has 0 radical (unpaired) electrons. The number of carbonyl (C=O) groups is 1. The van der Waals surface area contributed by atoms with Crippen molar-refractivity contribution in [3.63, 3.8) is 0 Å². The van der Waals surface area contributed by atoms with E-state index in [4.69, 9.17) is 5.11 Å². The molecule has 1 aromatic rings. The first-order chi connectivity index (χ1) is 8.15. The van der Waals surface area contributed by atoms with Gasteiger partial charge in [0.15, 0.2) is 0 Å². The van der Waals surface area contributed by atoms with Crippen molar-refractivity contribution in [2.75, 3.05) is 19.3 Å². The fourth-order valence-corrected chi connectivity index (χ4v) is 2.00. The Kier molecular flexibility index (Phi) is 6.08. The first-order valence-corrected chi connectivity index (χ1v) is 6.95. The molecule has 17 heavy (non-hydrogen) atoms. The molecule has 0 spiro atoms. The summed E-state index contributed by atoms with van der Waals surface area (Å²) in [6.07, 6.45) is 2.26. The standard InChI is InChI=1S/C13H19NO2S/c1-3-14(9-8-13(15)16)10-11-4-6-12(17-2)7-5-11/h4-7H,3,8-10H2,1-2H3,(H,15,16). The van der Waals surface area contributed by atoms with E-state index in [1.165, 1.54) is 10.5 Å². The number of carboxylic acid groups (broad SMARTS) is 1. The zero-order chi connectivity index (χ0) is 12.7. The zero-order valence-corrected chi connectivity index (χ0v) is 11.2. The van der Waals surface area contributed by atoms with Gasteiger partial charge in [0.25, 0.3) is 0 Å². The van der Waals surface area contributed by atoms with Crippen LogP contribution in [0.15, 0.2) is 29.2 Å². The molecule has 0 saturated heterocycles. The van der Waals surface area contributed by atoms with Crippen LogP contribution < -0.4 is 0 Å². The van der Waals surface area contributed by atoms with Crippen molar-refractivity contribution in [3.8, 4) is 0 Å². The van der Waals surface area contributed by atoms with E-state index in [0.29, 0.717) is 6.54 Å². The smallest absolute Gasteiger partial charge is 0.304 e. The van der Waals surface area contributed by atoms with Crippen LogP contribution in [0.3, 0.4) is 0 Å². The minimum Gasteiger partial charge on any atom is -0.481 e. The Labute approximate surface area is 107 Å². The molecule has 0 aliphatic carbocycles. The molecule has 1 rings (SSSR count). The molecule has 1 N–H and O–H groups in total. The quantitative estimate of drug-likeness (QED) is 0.759. The fourth-order valence-electron chi connectivity index (χ4n) is 1.59. The Morgan fingerprint density at radius 3 is 2.47 bits per heavy atom. The van der Waals surface area contributed by atoms with E-state index in [1.54, 1.807) is 11.8 Å². The topological polar surface area (TPSA) is 40.5 Å². The minimum atomic E-state index is -0.735. The number of nitrogens with zero attached hydrogens (tertiary/aromatic N) is 1. The molecule has 3 nitrogen and oxygen atoms in total. The molecule has 0 fully saturated rings. The summed E-state index contributed by atoms with van der Waals surface area (Å²) in [5, 5.41) is 8.66. The van der Waals surface area contributed by atoms with Crippen LogP contribution >= 0.6 is 11.8 Å². The molecule has 0 aliphatic rings. The third-order valence-electron chi connectivity index (χ3n) is 2.65. The summed E-state index contributed by atoms with van der Waals surface area (Å²) >= 11 is 1.72.